The first-order valence-corrected chi connectivity index (χ1v) is 11.4. The minimum Gasteiger partial charge on any atom is -0.369 e. The van der Waals surface area contributed by atoms with Crippen LogP contribution >= 0.6 is 0 Å². The lowest BCUT2D eigenvalue weighted by molar-refractivity contribution is -0.137. The Morgan fingerprint density at radius 1 is 0.933 bits per heavy atom. The highest BCUT2D eigenvalue weighted by Crippen LogP contribution is 2.47. The zero-order valence-electron chi connectivity index (χ0n) is 16.5. The summed E-state index contributed by atoms with van der Waals surface area (Å²) in [6.45, 7) is 3.46. The lowest BCUT2D eigenvalue weighted by atomic mass is 10.1. The molecule has 2 fully saturated rings. The topological polar surface area (TPSA) is 52.7 Å². The molecule has 162 valence electrons. The normalized spacial score (nSPS) is 25.3. The fourth-order valence-electron chi connectivity index (χ4n) is 4.12. The van der Waals surface area contributed by atoms with Gasteiger partial charge in [0.1, 0.15) is 0 Å². The molecular formula is C21H24F3N3O2S. The minimum absolute atomic E-state index is 0.120. The van der Waals surface area contributed by atoms with Gasteiger partial charge in [0.2, 0.25) is 0 Å². The summed E-state index contributed by atoms with van der Waals surface area (Å²) in [6.07, 6.45) is -4.37. The van der Waals surface area contributed by atoms with Crippen LogP contribution in [0.3, 0.4) is 0 Å². The minimum atomic E-state index is -4.37. The zero-order chi connectivity index (χ0) is 21.5. The van der Waals surface area contributed by atoms with Crippen LogP contribution < -0.4 is 9.62 Å². The average molecular weight is 440 g/mol. The molecule has 1 saturated heterocycles. The molecule has 30 heavy (non-hydrogen) atoms. The molecule has 2 aromatic rings. The van der Waals surface area contributed by atoms with Crippen LogP contribution in [0.15, 0.2) is 54.6 Å². The SMILES string of the molecule is C[C@H]1[C@H](NS(=O)(=O)N2CCN(c3ccc(C(F)(F)F)cc3)CC2)[C@H]1c1ccccc1. The van der Waals surface area contributed by atoms with E-state index in [-0.39, 0.29) is 31.0 Å². The van der Waals surface area contributed by atoms with Crippen molar-refractivity contribution in [3.05, 3.63) is 65.7 Å². The van der Waals surface area contributed by atoms with Crippen LogP contribution in [0, 0.1) is 5.92 Å². The summed E-state index contributed by atoms with van der Waals surface area (Å²) in [5, 5.41) is 0. The van der Waals surface area contributed by atoms with Crippen molar-refractivity contribution in [1.29, 1.82) is 0 Å². The summed E-state index contributed by atoms with van der Waals surface area (Å²) < 4.78 is 68.1. The predicted molar refractivity (Wildman–Crippen MR) is 109 cm³/mol. The van der Waals surface area contributed by atoms with E-state index in [4.69, 9.17) is 0 Å². The largest absolute Gasteiger partial charge is 0.416 e. The molecule has 0 radical (unpaired) electrons. The van der Waals surface area contributed by atoms with Crippen LogP contribution in [0.25, 0.3) is 0 Å². The average Bonchev–Trinajstić information content (AvgIpc) is 3.36. The second kappa shape index (κ2) is 7.86. The third-order valence-electron chi connectivity index (χ3n) is 5.99. The van der Waals surface area contributed by atoms with E-state index < -0.39 is 21.9 Å². The third-order valence-corrected chi connectivity index (χ3v) is 7.60. The van der Waals surface area contributed by atoms with Crippen LogP contribution in [0.1, 0.15) is 24.0 Å². The van der Waals surface area contributed by atoms with Gasteiger partial charge in [0.25, 0.3) is 10.2 Å². The summed E-state index contributed by atoms with van der Waals surface area (Å²) >= 11 is 0. The molecule has 2 aromatic carbocycles. The van der Waals surface area contributed by atoms with Crippen molar-refractivity contribution in [2.75, 3.05) is 31.1 Å². The maximum absolute atomic E-state index is 12.8. The van der Waals surface area contributed by atoms with Gasteiger partial charge < -0.3 is 4.90 Å². The van der Waals surface area contributed by atoms with Crippen molar-refractivity contribution in [1.82, 2.24) is 9.03 Å². The van der Waals surface area contributed by atoms with Gasteiger partial charge in [-0.3, -0.25) is 0 Å². The number of nitrogens with one attached hydrogen (secondary N) is 1. The Morgan fingerprint density at radius 2 is 1.53 bits per heavy atom. The second-order valence-electron chi connectivity index (χ2n) is 7.87. The molecular weight excluding hydrogens is 415 g/mol. The Labute approximate surface area is 174 Å². The van der Waals surface area contributed by atoms with E-state index in [9.17, 15) is 21.6 Å². The fraction of sp³-hybridized carbons (Fsp3) is 0.429. The molecule has 1 aliphatic heterocycles. The Morgan fingerprint density at radius 3 is 2.10 bits per heavy atom. The number of halogens is 3. The van der Waals surface area contributed by atoms with E-state index >= 15 is 0 Å². The molecule has 4 rings (SSSR count). The molecule has 0 amide bonds. The number of hydrogen-bond donors (Lipinski definition) is 1. The van der Waals surface area contributed by atoms with Gasteiger partial charge in [-0.1, -0.05) is 37.3 Å². The Balaban J connectivity index is 1.34. The summed E-state index contributed by atoms with van der Waals surface area (Å²) in [5.74, 6) is 0.407. The van der Waals surface area contributed by atoms with E-state index in [1.165, 1.54) is 16.4 Å². The molecule has 1 N–H and O–H groups in total. The van der Waals surface area contributed by atoms with Crippen molar-refractivity contribution >= 4 is 15.9 Å². The molecule has 0 spiro atoms. The molecule has 3 atom stereocenters. The van der Waals surface area contributed by atoms with Crippen molar-refractivity contribution in [3.63, 3.8) is 0 Å². The predicted octanol–water partition coefficient (Wildman–Crippen LogP) is 3.46. The number of rotatable bonds is 5. The summed E-state index contributed by atoms with van der Waals surface area (Å²) in [6, 6.07) is 14.7. The lowest BCUT2D eigenvalue weighted by Gasteiger charge is -2.35. The summed E-state index contributed by atoms with van der Waals surface area (Å²) in [5.41, 5.74) is 1.10. The van der Waals surface area contributed by atoms with Crippen molar-refractivity contribution in [3.8, 4) is 0 Å². The van der Waals surface area contributed by atoms with Gasteiger partial charge in [-0.15, -0.1) is 0 Å². The second-order valence-corrected chi connectivity index (χ2v) is 9.58. The molecule has 2 aliphatic rings. The lowest BCUT2D eigenvalue weighted by Crippen LogP contribution is -2.52. The van der Waals surface area contributed by atoms with Gasteiger partial charge in [0.15, 0.2) is 0 Å². The van der Waals surface area contributed by atoms with E-state index in [1.807, 2.05) is 42.2 Å². The van der Waals surface area contributed by atoms with Crippen LogP contribution in [-0.2, 0) is 16.4 Å². The number of benzene rings is 2. The fourth-order valence-corrected chi connectivity index (χ4v) is 5.62. The Bertz CT molecular complexity index is 973. The van der Waals surface area contributed by atoms with Gasteiger partial charge in [0.05, 0.1) is 5.56 Å². The first kappa shape index (κ1) is 21.1. The molecule has 0 bridgehead atoms. The molecule has 0 aromatic heterocycles. The van der Waals surface area contributed by atoms with Crippen molar-refractivity contribution in [2.45, 2.75) is 25.1 Å². The van der Waals surface area contributed by atoms with Gasteiger partial charge in [0, 0.05) is 43.8 Å². The van der Waals surface area contributed by atoms with Crippen LogP contribution in [0.4, 0.5) is 18.9 Å². The smallest absolute Gasteiger partial charge is 0.369 e. The first-order valence-electron chi connectivity index (χ1n) is 9.91. The summed E-state index contributed by atoms with van der Waals surface area (Å²) in [7, 11) is -3.62. The number of piperazine rings is 1. The molecule has 1 heterocycles. The number of alkyl halides is 3. The molecule has 5 nitrogen and oxygen atoms in total. The van der Waals surface area contributed by atoms with Crippen LogP contribution in [0.2, 0.25) is 0 Å². The Hall–Kier alpha value is -2.10. The maximum Gasteiger partial charge on any atom is 0.416 e. The van der Waals surface area contributed by atoms with Crippen molar-refractivity contribution in [2.24, 2.45) is 5.92 Å². The van der Waals surface area contributed by atoms with Crippen molar-refractivity contribution < 1.29 is 21.6 Å². The highest BCUT2D eigenvalue weighted by Gasteiger charge is 2.50. The highest BCUT2D eigenvalue weighted by molar-refractivity contribution is 7.87. The van der Waals surface area contributed by atoms with E-state index in [2.05, 4.69) is 4.72 Å². The molecule has 1 aliphatic carbocycles. The van der Waals surface area contributed by atoms with Gasteiger partial charge in [-0.05, 0) is 35.7 Å². The highest BCUT2D eigenvalue weighted by atomic mass is 32.2. The van der Waals surface area contributed by atoms with Crippen LogP contribution in [0.5, 0.6) is 0 Å². The quantitative estimate of drug-likeness (QED) is 0.776. The van der Waals surface area contributed by atoms with E-state index in [0.29, 0.717) is 18.8 Å². The zero-order valence-corrected chi connectivity index (χ0v) is 17.3. The van der Waals surface area contributed by atoms with Gasteiger partial charge in [-0.2, -0.15) is 30.6 Å². The number of hydrogen-bond acceptors (Lipinski definition) is 3. The van der Waals surface area contributed by atoms with Gasteiger partial charge >= 0.3 is 6.18 Å². The molecule has 9 heteroatoms. The summed E-state index contributed by atoms with van der Waals surface area (Å²) in [4.78, 5) is 1.90. The third kappa shape index (κ3) is 4.33. The monoisotopic (exact) mass is 439 g/mol. The molecule has 1 saturated carbocycles. The van der Waals surface area contributed by atoms with Gasteiger partial charge in [-0.25, -0.2) is 0 Å². The van der Waals surface area contributed by atoms with E-state index in [1.54, 1.807) is 0 Å². The molecule has 0 unspecified atom stereocenters. The Kier molecular flexibility index (Phi) is 5.54. The first-order chi connectivity index (χ1) is 14.2. The van der Waals surface area contributed by atoms with E-state index in [0.717, 1.165) is 17.7 Å². The maximum atomic E-state index is 12.8. The van der Waals surface area contributed by atoms with Crippen LogP contribution in [-0.4, -0.2) is 44.9 Å². The number of anilines is 1. The standard InChI is InChI=1S/C21H24F3N3O2S/c1-15-19(16-5-3-2-4-6-16)20(15)25-30(28,29)27-13-11-26(12-14-27)18-9-7-17(8-10-18)21(22,23)24/h2-10,15,19-20,25H,11-14H2,1H3/t15-,19-,20+/m1/s1. The number of nitrogens with zero attached hydrogens (tertiary/aromatic N) is 2.